The molecule has 0 saturated heterocycles. The van der Waals surface area contributed by atoms with Crippen molar-refractivity contribution in [1.82, 2.24) is 9.97 Å². The zero-order valence-electron chi connectivity index (χ0n) is 12.5. The minimum absolute atomic E-state index is 0.694. The molecule has 3 nitrogen and oxygen atoms in total. The van der Waals surface area contributed by atoms with Crippen molar-refractivity contribution in [3.8, 4) is 28.5 Å². The second kappa shape index (κ2) is 5.79. The molecule has 0 unspecified atom stereocenters. The SMILES string of the molecule is Cc1c(-c2ccncn2)ccc(-c2ccccc2C#N)c1C. The van der Waals surface area contributed by atoms with Crippen molar-refractivity contribution in [2.45, 2.75) is 13.8 Å². The quantitative estimate of drug-likeness (QED) is 0.705. The van der Waals surface area contributed by atoms with E-state index in [-0.39, 0.29) is 0 Å². The van der Waals surface area contributed by atoms with Gasteiger partial charge in [0.25, 0.3) is 0 Å². The summed E-state index contributed by atoms with van der Waals surface area (Å²) in [6.45, 7) is 4.18. The molecule has 0 N–H and O–H groups in total. The van der Waals surface area contributed by atoms with Gasteiger partial charge in [-0.2, -0.15) is 5.26 Å². The van der Waals surface area contributed by atoms with E-state index in [1.165, 1.54) is 11.1 Å². The van der Waals surface area contributed by atoms with Crippen LogP contribution in [0.1, 0.15) is 16.7 Å². The fourth-order valence-electron chi connectivity index (χ4n) is 2.66. The molecule has 1 heterocycles. The number of nitrogens with zero attached hydrogens (tertiary/aromatic N) is 3. The maximum atomic E-state index is 9.31. The minimum atomic E-state index is 0.694. The standard InChI is InChI=1S/C19H15N3/c1-13-14(2)17(19-9-10-21-12-22-19)8-7-16(13)18-6-4-3-5-15(18)11-20/h3-10,12H,1-2H3. The van der Waals surface area contributed by atoms with Crippen molar-refractivity contribution in [2.24, 2.45) is 0 Å². The molecule has 0 spiro atoms. The van der Waals surface area contributed by atoms with Gasteiger partial charge in [0, 0.05) is 11.8 Å². The molecule has 0 aliphatic carbocycles. The highest BCUT2D eigenvalue weighted by Gasteiger charge is 2.12. The van der Waals surface area contributed by atoms with Gasteiger partial charge in [0.1, 0.15) is 6.33 Å². The molecule has 0 amide bonds. The van der Waals surface area contributed by atoms with Crippen molar-refractivity contribution in [3.05, 3.63) is 71.7 Å². The van der Waals surface area contributed by atoms with E-state index in [1.807, 2.05) is 30.3 Å². The average Bonchev–Trinajstić information content (AvgIpc) is 2.58. The molecule has 0 bridgehead atoms. The van der Waals surface area contributed by atoms with Gasteiger partial charge >= 0.3 is 0 Å². The summed E-state index contributed by atoms with van der Waals surface area (Å²) in [5, 5.41) is 9.31. The van der Waals surface area contributed by atoms with Gasteiger partial charge in [0.05, 0.1) is 17.3 Å². The van der Waals surface area contributed by atoms with Crippen LogP contribution in [0.5, 0.6) is 0 Å². The Morgan fingerprint density at radius 3 is 2.32 bits per heavy atom. The molecule has 0 atom stereocenters. The molecule has 3 rings (SSSR count). The van der Waals surface area contributed by atoms with Gasteiger partial charge in [-0.15, -0.1) is 0 Å². The normalized spacial score (nSPS) is 10.2. The van der Waals surface area contributed by atoms with Crippen LogP contribution in [0.2, 0.25) is 0 Å². The first kappa shape index (κ1) is 14.0. The first-order chi connectivity index (χ1) is 10.7. The largest absolute Gasteiger partial charge is 0.245 e. The number of hydrogen-bond acceptors (Lipinski definition) is 3. The van der Waals surface area contributed by atoms with E-state index in [9.17, 15) is 5.26 Å². The smallest absolute Gasteiger partial charge is 0.116 e. The van der Waals surface area contributed by atoms with Gasteiger partial charge in [-0.1, -0.05) is 30.3 Å². The van der Waals surface area contributed by atoms with Crippen molar-refractivity contribution in [3.63, 3.8) is 0 Å². The van der Waals surface area contributed by atoms with E-state index in [4.69, 9.17) is 0 Å². The van der Waals surface area contributed by atoms with E-state index in [2.05, 4.69) is 42.0 Å². The zero-order valence-corrected chi connectivity index (χ0v) is 12.5. The van der Waals surface area contributed by atoms with Gasteiger partial charge in [-0.3, -0.25) is 0 Å². The molecule has 0 radical (unpaired) electrons. The summed E-state index contributed by atoms with van der Waals surface area (Å²) in [5.74, 6) is 0. The first-order valence-electron chi connectivity index (χ1n) is 7.08. The van der Waals surface area contributed by atoms with Crippen LogP contribution in [0.4, 0.5) is 0 Å². The van der Waals surface area contributed by atoms with Crippen LogP contribution in [-0.2, 0) is 0 Å². The Bertz CT molecular complexity index is 862. The van der Waals surface area contributed by atoms with Crippen LogP contribution >= 0.6 is 0 Å². The highest BCUT2D eigenvalue weighted by atomic mass is 14.8. The molecule has 0 saturated carbocycles. The molecule has 1 aromatic heterocycles. The second-order valence-electron chi connectivity index (χ2n) is 5.16. The van der Waals surface area contributed by atoms with Crippen molar-refractivity contribution < 1.29 is 0 Å². The fourth-order valence-corrected chi connectivity index (χ4v) is 2.66. The molecule has 2 aromatic carbocycles. The van der Waals surface area contributed by atoms with Crippen LogP contribution in [0, 0.1) is 25.2 Å². The predicted molar refractivity (Wildman–Crippen MR) is 87.1 cm³/mol. The Kier molecular flexibility index (Phi) is 3.67. The Hall–Kier alpha value is -2.99. The summed E-state index contributed by atoms with van der Waals surface area (Å²) in [6, 6.07) is 16.0. The van der Waals surface area contributed by atoms with E-state index < -0.39 is 0 Å². The zero-order chi connectivity index (χ0) is 15.5. The third-order valence-electron chi connectivity index (χ3n) is 3.98. The monoisotopic (exact) mass is 285 g/mol. The van der Waals surface area contributed by atoms with Gasteiger partial charge in [-0.25, -0.2) is 9.97 Å². The number of aromatic nitrogens is 2. The summed E-state index contributed by atoms with van der Waals surface area (Å²) in [4.78, 5) is 8.29. The lowest BCUT2D eigenvalue weighted by molar-refractivity contribution is 1.16. The Morgan fingerprint density at radius 2 is 1.59 bits per heavy atom. The van der Waals surface area contributed by atoms with Gasteiger partial charge in [0.15, 0.2) is 0 Å². The van der Waals surface area contributed by atoms with E-state index in [1.54, 1.807) is 12.5 Å². The number of rotatable bonds is 2. The van der Waals surface area contributed by atoms with E-state index in [0.717, 1.165) is 22.4 Å². The Balaban J connectivity index is 2.18. The fraction of sp³-hybridized carbons (Fsp3) is 0.105. The average molecular weight is 285 g/mol. The van der Waals surface area contributed by atoms with Crippen LogP contribution in [0.25, 0.3) is 22.4 Å². The topological polar surface area (TPSA) is 49.6 Å². The molecule has 0 fully saturated rings. The Morgan fingerprint density at radius 1 is 0.864 bits per heavy atom. The summed E-state index contributed by atoms with van der Waals surface area (Å²) < 4.78 is 0. The third-order valence-corrected chi connectivity index (χ3v) is 3.98. The molecular formula is C19H15N3. The lowest BCUT2D eigenvalue weighted by Gasteiger charge is -2.14. The van der Waals surface area contributed by atoms with Crippen LogP contribution in [0.3, 0.4) is 0 Å². The molecule has 3 heteroatoms. The molecule has 106 valence electrons. The Labute approximate surface area is 129 Å². The predicted octanol–water partition coefficient (Wildman–Crippen LogP) is 4.30. The molecule has 3 aromatic rings. The molecular weight excluding hydrogens is 270 g/mol. The summed E-state index contributed by atoms with van der Waals surface area (Å²) in [6.07, 6.45) is 3.30. The first-order valence-corrected chi connectivity index (χ1v) is 7.08. The molecule has 22 heavy (non-hydrogen) atoms. The van der Waals surface area contributed by atoms with E-state index >= 15 is 0 Å². The maximum absolute atomic E-state index is 9.31. The highest BCUT2D eigenvalue weighted by molar-refractivity contribution is 5.78. The van der Waals surface area contributed by atoms with Gasteiger partial charge in [-0.05, 0) is 48.2 Å². The van der Waals surface area contributed by atoms with Crippen molar-refractivity contribution >= 4 is 0 Å². The number of hydrogen-bond donors (Lipinski definition) is 0. The minimum Gasteiger partial charge on any atom is -0.245 e. The van der Waals surface area contributed by atoms with Crippen molar-refractivity contribution in [2.75, 3.05) is 0 Å². The van der Waals surface area contributed by atoms with Crippen LogP contribution < -0.4 is 0 Å². The highest BCUT2D eigenvalue weighted by Crippen LogP contribution is 2.33. The maximum Gasteiger partial charge on any atom is 0.116 e. The summed E-state index contributed by atoms with van der Waals surface area (Å²) in [7, 11) is 0. The summed E-state index contributed by atoms with van der Waals surface area (Å²) >= 11 is 0. The van der Waals surface area contributed by atoms with Crippen molar-refractivity contribution in [1.29, 1.82) is 5.26 Å². The third kappa shape index (κ3) is 2.36. The lowest BCUT2D eigenvalue weighted by atomic mass is 9.90. The molecule has 0 aliphatic heterocycles. The lowest BCUT2D eigenvalue weighted by Crippen LogP contribution is -1.94. The van der Waals surface area contributed by atoms with Crippen LogP contribution in [0.15, 0.2) is 55.0 Å². The van der Waals surface area contributed by atoms with Gasteiger partial charge in [0.2, 0.25) is 0 Å². The molecule has 0 aliphatic rings. The second-order valence-corrected chi connectivity index (χ2v) is 5.16. The van der Waals surface area contributed by atoms with E-state index in [0.29, 0.717) is 5.56 Å². The summed E-state index contributed by atoms with van der Waals surface area (Å²) in [5.41, 5.74) is 7.10. The number of nitriles is 1. The van der Waals surface area contributed by atoms with Gasteiger partial charge < -0.3 is 0 Å². The van der Waals surface area contributed by atoms with Crippen LogP contribution in [-0.4, -0.2) is 9.97 Å². The number of benzene rings is 2.